The molecule has 5 rings (SSSR count). The Morgan fingerprint density at radius 1 is 0.931 bits per heavy atom. The Balaban J connectivity index is 1.40. The van der Waals surface area contributed by atoms with E-state index in [-0.39, 0.29) is 35.5 Å². The van der Waals surface area contributed by atoms with Crippen LogP contribution in [0.3, 0.4) is 0 Å². The van der Waals surface area contributed by atoms with Gasteiger partial charge in [0.05, 0.1) is 23.1 Å². The van der Waals surface area contributed by atoms with Crippen molar-refractivity contribution in [2.24, 2.45) is 23.7 Å². The van der Waals surface area contributed by atoms with Crippen LogP contribution in [0.5, 0.6) is 5.75 Å². The summed E-state index contributed by atoms with van der Waals surface area (Å²) in [5.41, 5.74) is 2.89. The van der Waals surface area contributed by atoms with Crippen LogP contribution >= 0.6 is 0 Å². The van der Waals surface area contributed by atoms with Gasteiger partial charge in [-0.25, -0.2) is 9.69 Å². The van der Waals surface area contributed by atoms with Crippen molar-refractivity contribution < 1.29 is 19.1 Å². The Labute approximate surface area is 169 Å². The van der Waals surface area contributed by atoms with Crippen LogP contribution in [-0.2, 0) is 9.59 Å². The molecule has 29 heavy (non-hydrogen) atoms. The zero-order valence-electron chi connectivity index (χ0n) is 16.3. The topological polar surface area (TPSA) is 63.7 Å². The molecule has 2 bridgehead atoms. The molecule has 4 unspecified atom stereocenters. The second-order valence-corrected chi connectivity index (χ2v) is 8.20. The minimum Gasteiger partial charge on any atom is -0.423 e. The molecule has 5 nitrogen and oxygen atoms in total. The lowest BCUT2D eigenvalue weighted by atomic mass is 9.85. The minimum atomic E-state index is -0.517. The van der Waals surface area contributed by atoms with E-state index in [0.717, 1.165) is 17.5 Å². The average molecular weight is 387 g/mol. The normalized spacial score (nSPS) is 26.9. The van der Waals surface area contributed by atoms with E-state index in [4.69, 9.17) is 4.74 Å². The molecule has 1 saturated carbocycles. The first-order valence-electron chi connectivity index (χ1n) is 9.89. The maximum Gasteiger partial charge on any atom is 0.343 e. The first-order valence-corrected chi connectivity index (χ1v) is 9.89. The number of hydrogen-bond acceptors (Lipinski definition) is 4. The number of carbonyl (C=O) groups excluding carboxylic acids is 3. The summed E-state index contributed by atoms with van der Waals surface area (Å²) in [5, 5.41) is 0. The smallest absolute Gasteiger partial charge is 0.343 e. The van der Waals surface area contributed by atoms with Crippen molar-refractivity contribution in [1.82, 2.24) is 0 Å². The average Bonchev–Trinajstić information content (AvgIpc) is 3.38. The quantitative estimate of drug-likeness (QED) is 0.347. The third-order valence-electron chi connectivity index (χ3n) is 6.50. The number of benzene rings is 2. The van der Waals surface area contributed by atoms with Gasteiger partial charge in [-0.15, -0.1) is 0 Å². The van der Waals surface area contributed by atoms with Crippen LogP contribution in [0.4, 0.5) is 5.69 Å². The zero-order valence-corrected chi connectivity index (χ0v) is 16.3. The number of fused-ring (bicyclic) bond motifs is 5. The van der Waals surface area contributed by atoms with E-state index >= 15 is 0 Å². The monoisotopic (exact) mass is 387 g/mol. The number of allylic oxidation sites excluding steroid dienone is 2. The van der Waals surface area contributed by atoms with Gasteiger partial charge in [0.25, 0.3) is 0 Å². The first-order chi connectivity index (χ1) is 13.9. The highest BCUT2D eigenvalue weighted by Gasteiger charge is 2.59. The Morgan fingerprint density at radius 3 is 2.28 bits per heavy atom. The van der Waals surface area contributed by atoms with Crippen LogP contribution in [0, 0.1) is 37.5 Å². The molecule has 0 radical (unpaired) electrons. The maximum atomic E-state index is 13.0. The number of nitrogens with zero attached hydrogens (tertiary/aromatic N) is 1. The maximum absolute atomic E-state index is 13.0. The van der Waals surface area contributed by atoms with Crippen LogP contribution < -0.4 is 9.64 Å². The highest BCUT2D eigenvalue weighted by atomic mass is 16.5. The number of carbonyl (C=O) groups is 3. The van der Waals surface area contributed by atoms with Crippen molar-refractivity contribution in [2.75, 3.05) is 4.90 Å². The van der Waals surface area contributed by atoms with Gasteiger partial charge in [0.2, 0.25) is 11.8 Å². The van der Waals surface area contributed by atoms with Gasteiger partial charge in [-0.2, -0.15) is 0 Å². The molecule has 0 aromatic heterocycles. The molecule has 3 aliphatic rings. The van der Waals surface area contributed by atoms with Crippen molar-refractivity contribution >= 4 is 23.5 Å². The number of anilines is 1. The molecule has 4 atom stereocenters. The van der Waals surface area contributed by atoms with Crippen molar-refractivity contribution in [2.45, 2.75) is 20.3 Å². The standard InChI is InChI=1S/C24H21NO4/c1-13-6-9-19(10-14(13)2)29-24(28)17-4-3-5-18(12-17)25-22(26)20-15-7-8-16(11-15)21(20)23(25)27/h3-10,12,15-16,20-21H,11H2,1-2H3. The first kappa shape index (κ1) is 17.9. The fourth-order valence-electron chi connectivity index (χ4n) is 4.87. The van der Waals surface area contributed by atoms with E-state index in [1.807, 2.05) is 26.0 Å². The largest absolute Gasteiger partial charge is 0.423 e. The number of imide groups is 1. The molecule has 2 amide bonds. The van der Waals surface area contributed by atoms with E-state index < -0.39 is 5.97 Å². The Kier molecular flexibility index (Phi) is 3.95. The second-order valence-electron chi connectivity index (χ2n) is 8.20. The van der Waals surface area contributed by atoms with Crippen LogP contribution in [-0.4, -0.2) is 17.8 Å². The van der Waals surface area contributed by atoms with E-state index in [2.05, 4.69) is 12.2 Å². The molecule has 1 heterocycles. The van der Waals surface area contributed by atoms with E-state index in [9.17, 15) is 14.4 Å². The van der Waals surface area contributed by atoms with Gasteiger partial charge in [-0.1, -0.05) is 24.3 Å². The van der Waals surface area contributed by atoms with Crippen molar-refractivity contribution in [1.29, 1.82) is 0 Å². The summed E-state index contributed by atoms with van der Waals surface area (Å²) >= 11 is 0. The summed E-state index contributed by atoms with van der Waals surface area (Å²) in [6, 6.07) is 12.0. The number of esters is 1. The molecule has 2 aromatic carbocycles. The van der Waals surface area contributed by atoms with Crippen molar-refractivity contribution in [3.05, 3.63) is 71.3 Å². The fourth-order valence-corrected chi connectivity index (χ4v) is 4.87. The zero-order chi connectivity index (χ0) is 20.3. The lowest BCUT2D eigenvalue weighted by Gasteiger charge is -2.18. The van der Waals surface area contributed by atoms with Crippen LogP contribution in [0.25, 0.3) is 0 Å². The SMILES string of the molecule is Cc1ccc(OC(=O)c2cccc(N3C(=O)C4C5C=CC(C5)C4C3=O)c2)cc1C. The summed E-state index contributed by atoms with van der Waals surface area (Å²) in [5.74, 6) is -0.570. The van der Waals surface area contributed by atoms with Gasteiger partial charge in [0, 0.05) is 0 Å². The molecule has 1 saturated heterocycles. The summed E-state index contributed by atoms with van der Waals surface area (Å²) < 4.78 is 5.49. The van der Waals surface area contributed by atoms with Gasteiger partial charge in [0.1, 0.15) is 5.75 Å². The molecular weight excluding hydrogens is 366 g/mol. The number of aryl methyl sites for hydroxylation is 2. The number of amides is 2. The summed E-state index contributed by atoms with van der Waals surface area (Å²) in [4.78, 5) is 39.9. The highest BCUT2D eigenvalue weighted by molar-refractivity contribution is 6.23. The molecule has 2 aliphatic carbocycles. The van der Waals surface area contributed by atoms with Crippen molar-refractivity contribution in [3.8, 4) is 5.75 Å². The summed E-state index contributed by atoms with van der Waals surface area (Å²) in [6.45, 7) is 3.95. The van der Waals surface area contributed by atoms with Crippen LogP contribution in [0.1, 0.15) is 27.9 Å². The predicted octanol–water partition coefficient (Wildman–Crippen LogP) is 3.83. The second kappa shape index (κ2) is 6.41. The van der Waals surface area contributed by atoms with Gasteiger partial charge in [-0.05, 0) is 73.6 Å². The fraction of sp³-hybridized carbons (Fsp3) is 0.292. The van der Waals surface area contributed by atoms with Gasteiger partial charge < -0.3 is 4.74 Å². The molecule has 2 aromatic rings. The highest BCUT2D eigenvalue weighted by Crippen LogP contribution is 2.53. The lowest BCUT2D eigenvalue weighted by Crippen LogP contribution is -2.33. The van der Waals surface area contributed by atoms with Crippen molar-refractivity contribution in [3.63, 3.8) is 0 Å². The van der Waals surface area contributed by atoms with E-state index in [1.54, 1.807) is 30.3 Å². The minimum absolute atomic E-state index is 0.156. The van der Waals surface area contributed by atoms with Gasteiger partial charge in [-0.3, -0.25) is 9.59 Å². The summed E-state index contributed by atoms with van der Waals surface area (Å²) in [6.07, 6.45) is 5.03. The predicted molar refractivity (Wildman–Crippen MR) is 108 cm³/mol. The van der Waals surface area contributed by atoms with Crippen LogP contribution in [0.2, 0.25) is 0 Å². The van der Waals surface area contributed by atoms with Gasteiger partial charge >= 0.3 is 5.97 Å². The third-order valence-corrected chi connectivity index (χ3v) is 6.50. The number of ether oxygens (including phenoxy) is 1. The molecule has 0 spiro atoms. The third kappa shape index (κ3) is 2.72. The summed E-state index contributed by atoms with van der Waals surface area (Å²) in [7, 11) is 0. The molecule has 1 aliphatic heterocycles. The Hall–Kier alpha value is -3.21. The lowest BCUT2D eigenvalue weighted by molar-refractivity contribution is -0.123. The van der Waals surface area contributed by atoms with Crippen LogP contribution in [0.15, 0.2) is 54.6 Å². The molecule has 5 heteroatoms. The molecule has 146 valence electrons. The number of hydrogen-bond donors (Lipinski definition) is 0. The van der Waals surface area contributed by atoms with E-state index in [1.165, 1.54) is 4.90 Å². The Bertz CT molecular complexity index is 1060. The Morgan fingerprint density at radius 2 is 1.62 bits per heavy atom. The molecule has 0 N–H and O–H groups in total. The number of rotatable bonds is 3. The van der Waals surface area contributed by atoms with Gasteiger partial charge in [0.15, 0.2) is 0 Å². The molecular formula is C24H21NO4. The van der Waals surface area contributed by atoms with E-state index in [0.29, 0.717) is 17.0 Å². The molecule has 2 fully saturated rings.